The summed E-state index contributed by atoms with van der Waals surface area (Å²) >= 11 is 3.30. The van der Waals surface area contributed by atoms with E-state index in [0.29, 0.717) is 10.0 Å². The lowest BCUT2D eigenvalue weighted by Crippen LogP contribution is -2.35. The van der Waals surface area contributed by atoms with Crippen LogP contribution >= 0.6 is 15.9 Å². The van der Waals surface area contributed by atoms with Crippen molar-refractivity contribution in [2.24, 2.45) is 5.10 Å². The number of nitrogens with zero attached hydrogens (tertiary/aromatic N) is 1. The predicted molar refractivity (Wildman–Crippen MR) is 101 cm³/mol. The second-order valence-corrected chi connectivity index (χ2v) is 6.10. The minimum atomic E-state index is -0.406. The van der Waals surface area contributed by atoms with Crippen LogP contribution in [0, 0.1) is 0 Å². The highest BCUT2D eigenvalue weighted by Gasteiger charge is 2.10. The second kappa shape index (κ2) is 7.76. The van der Waals surface area contributed by atoms with Gasteiger partial charge in [0.05, 0.1) is 18.3 Å². The second-order valence-electron chi connectivity index (χ2n) is 5.25. The largest absolute Gasteiger partial charge is 0.361 e. The monoisotopic (exact) mass is 398 g/mol. The third kappa shape index (κ3) is 4.13. The summed E-state index contributed by atoms with van der Waals surface area (Å²) in [5, 5.41) is 7.50. The molecule has 0 unspecified atom stereocenters. The summed E-state index contributed by atoms with van der Waals surface area (Å²) in [5.74, 6) is -0.736. The number of aromatic nitrogens is 1. The Hall–Kier alpha value is -2.93. The van der Waals surface area contributed by atoms with Crippen molar-refractivity contribution in [1.82, 2.24) is 15.7 Å². The number of nitrogens with one attached hydrogen (secondary N) is 3. The molecule has 0 fully saturated rings. The van der Waals surface area contributed by atoms with E-state index < -0.39 is 5.91 Å². The summed E-state index contributed by atoms with van der Waals surface area (Å²) in [6, 6.07) is 14.8. The topological polar surface area (TPSA) is 86.3 Å². The Morgan fingerprint density at radius 1 is 1.12 bits per heavy atom. The minimum absolute atomic E-state index is 0.161. The number of fused-ring (bicyclic) bond motifs is 1. The molecule has 3 rings (SSSR count). The van der Waals surface area contributed by atoms with E-state index in [4.69, 9.17) is 0 Å². The van der Waals surface area contributed by atoms with Crippen molar-refractivity contribution in [2.75, 3.05) is 6.54 Å². The van der Waals surface area contributed by atoms with E-state index in [1.807, 2.05) is 36.5 Å². The summed E-state index contributed by atoms with van der Waals surface area (Å²) in [4.78, 5) is 26.9. The molecule has 25 heavy (non-hydrogen) atoms. The van der Waals surface area contributed by atoms with Gasteiger partial charge in [0.1, 0.15) is 0 Å². The molecular weight excluding hydrogens is 384 g/mol. The van der Waals surface area contributed by atoms with E-state index in [-0.39, 0.29) is 12.5 Å². The van der Waals surface area contributed by atoms with Gasteiger partial charge in [0.2, 0.25) is 0 Å². The molecule has 0 radical (unpaired) electrons. The fourth-order valence-electron chi connectivity index (χ4n) is 2.32. The van der Waals surface area contributed by atoms with Crippen LogP contribution in [-0.2, 0) is 4.79 Å². The SMILES string of the molecule is O=C(CNC(=O)c1ccccc1Br)N/N=C/c1c[nH]c2ccccc12. The number of H-pyrrole nitrogens is 1. The first-order valence-corrected chi connectivity index (χ1v) is 8.35. The zero-order chi connectivity index (χ0) is 17.6. The van der Waals surface area contributed by atoms with Crippen LogP contribution in [0.25, 0.3) is 10.9 Å². The smallest absolute Gasteiger partial charge is 0.259 e. The molecule has 6 nitrogen and oxygen atoms in total. The summed E-state index contributed by atoms with van der Waals surface area (Å²) in [6.07, 6.45) is 3.38. The average molecular weight is 399 g/mol. The Morgan fingerprint density at radius 3 is 2.72 bits per heavy atom. The molecule has 126 valence electrons. The van der Waals surface area contributed by atoms with Gasteiger partial charge in [-0.15, -0.1) is 0 Å². The average Bonchev–Trinajstić information content (AvgIpc) is 3.03. The van der Waals surface area contributed by atoms with Crippen LogP contribution < -0.4 is 10.7 Å². The lowest BCUT2D eigenvalue weighted by atomic mass is 10.2. The highest BCUT2D eigenvalue weighted by Crippen LogP contribution is 2.16. The van der Waals surface area contributed by atoms with E-state index in [1.54, 1.807) is 24.4 Å². The number of aromatic amines is 1. The number of para-hydroxylation sites is 1. The van der Waals surface area contributed by atoms with Crippen LogP contribution in [-0.4, -0.2) is 29.6 Å². The molecule has 0 atom stereocenters. The normalized spacial score (nSPS) is 10.9. The first kappa shape index (κ1) is 16.9. The fourth-order valence-corrected chi connectivity index (χ4v) is 2.78. The third-order valence-corrected chi connectivity index (χ3v) is 4.23. The zero-order valence-electron chi connectivity index (χ0n) is 13.1. The predicted octanol–water partition coefficient (Wildman–Crippen LogP) is 2.81. The van der Waals surface area contributed by atoms with Crippen molar-refractivity contribution in [1.29, 1.82) is 0 Å². The van der Waals surface area contributed by atoms with Crippen molar-refractivity contribution in [3.63, 3.8) is 0 Å². The van der Waals surface area contributed by atoms with Gasteiger partial charge in [-0.1, -0.05) is 30.3 Å². The molecule has 2 amide bonds. The Morgan fingerprint density at radius 2 is 1.88 bits per heavy atom. The lowest BCUT2D eigenvalue weighted by molar-refractivity contribution is -0.120. The van der Waals surface area contributed by atoms with Crippen LogP contribution in [0.5, 0.6) is 0 Å². The first-order valence-electron chi connectivity index (χ1n) is 7.56. The van der Waals surface area contributed by atoms with Crippen molar-refractivity contribution < 1.29 is 9.59 Å². The van der Waals surface area contributed by atoms with Crippen molar-refractivity contribution in [3.8, 4) is 0 Å². The minimum Gasteiger partial charge on any atom is -0.361 e. The number of hydrogen-bond acceptors (Lipinski definition) is 3. The number of carbonyl (C=O) groups is 2. The van der Waals surface area contributed by atoms with Gasteiger partial charge < -0.3 is 10.3 Å². The van der Waals surface area contributed by atoms with Gasteiger partial charge in [-0.3, -0.25) is 9.59 Å². The Kier molecular flexibility index (Phi) is 5.25. The Balaban J connectivity index is 1.53. The highest BCUT2D eigenvalue weighted by atomic mass is 79.9. The molecule has 3 aromatic rings. The zero-order valence-corrected chi connectivity index (χ0v) is 14.7. The summed E-state index contributed by atoms with van der Waals surface area (Å²) < 4.78 is 0.672. The lowest BCUT2D eigenvalue weighted by Gasteiger charge is -2.05. The maximum atomic E-state index is 12.0. The van der Waals surface area contributed by atoms with Gasteiger partial charge in [-0.2, -0.15) is 5.10 Å². The number of benzene rings is 2. The van der Waals surface area contributed by atoms with E-state index in [2.05, 4.69) is 36.8 Å². The van der Waals surface area contributed by atoms with Crippen LogP contribution in [0.15, 0.2) is 64.3 Å². The van der Waals surface area contributed by atoms with Crippen LogP contribution in [0.4, 0.5) is 0 Å². The molecular formula is C18H15BrN4O2. The van der Waals surface area contributed by atoms with Crippen LogP contribution in [0.1, 0.15) is 15.9 Å². The molecule has 3 N–H and O–H groups in total. The number of amides is 2. The maximum absolute atomic E-state index is 12.0. The van der Waals surface area contributed by atoms with Gasteiger partial charge in [0, 0.05) is 27.1 Å². The molecule has 1 heterocycles. The number of hydrazone groups is 1. The molecule has 1 aromatic heterocycles. The number of carbonyl (C=O) groups excluding carboxylic acids is 2. The molecule has 0 aliphatic heterocycles. The summed E-state index contributed by atoms with van der Waals surface area (Å²) in [5.41, 5.74) is 4.73. The highest BCUT2D eigenvalue weighted by molar-refractivity contribution is 9.10. The Bertz CT molecular complexity index is 949. The van der Waals surface area contributed by atoms with Crippen molar-refractivity contribution in [3.05, 3.63) is 70.3 Å². The number of rotatable bonds is 5. The number of halogens is 1. The number of hydrogen-bond donors (Lipinski definition) is 3. The van der Waals surface area contributed by atoms with Gasteiger partial charge in [-0.25, -0.2) is 5.43 Å². The van der Waals surface area contributed by atoms with Crippen LogP contribution in [0.3, 0.4) is 0 Å². The van der Waals surface area contributed by atoms with E-state index in [1.165, 1.54) is 0 Å². The van der Waals surface area contributed by atoms with E-state index >= 15 is 0 Å². The Labute approximate surface area is 152 Å². The van der Waals surface area contributed by atoms with Gasteiger partial charge in [-0.05, 0) is 34.1 Å². The van der Waals surface area contributed by atoms with E-state index in [9.17, 15) is 9.59 Å². The van der Waals surface area contributed by atoms with Gasteiger partial charge in [0.15, 0.2) is 0 Å². The van der Waals surface area contributed by atoms with E-state index in [0.717, 1.165) is 16.5 Å². The standard InChI is InChI=1S/C18H15BrN4O2/c19-15-7-3-1-6-14(15)18(25)21-11-17(24)23-22-10-12-9-20-16-8-4-2-5-13(12)16/h1-10,20H,11H2,(H,21,25)(H,23,24)/b22-10+. The van der Waals surface area contributed by atoms with Crippen molar-refractivity contribution in [2.45, 2.75) is 0 Å². The third-order valence-electron chi connectivity index (χ3n) is 3.54. The molecule has 7 heteroatoms. The first-order chi connectivity index (χ1) is 12.1. The summed E-state index contributed by atoms with van der Waals surface area (Å²) in [6.45, 7) is -0.161. The maximum Gasteiger partial charge on any atom is 0.259 e. The molecule has 0 saturated carbocycles. The van der Waals surface area contributed by atoms with Crippen molar-refractivity contribution >= 4 is 44.9 Å². The quantitative estimate of drug-likeness (QED) is 0.455. The molecule has 0 aliphatic carbocycles. The molecule has 0 saturated heterocycles. The molecule has 0 aliphatic rings. The summed E-state index contributed by atoms with van der Waals surface area (Å²) in [7, 11) is 0. The van der Waals surface area contributed by atoms with Gasteiger partial charge >= 0.3 is 0 Å². The molecule has 0 spiro atoms. The fraction of sp³-hybridized carbons (Fsp3) is 0.0556. The molecule has 2 aromatic carbocycles. The van der Waals surface area contributed by atoms with Gasteiger partial charge in [0.25, 0.3) is 11.8 Å². The van der Waals surface area contributed by atoms with Crippen LogP contribution in [0.2, 0.25) is 0 Å². The molecule has 0 bridgehead atoms.